The lowest BCUT2D eigenvalue weighted by molar-refractivity contribution is 0.0140. The van der Waals surface area contributed by atoms with Crippen LogP contribution in [-0.2, 0) is 12.6 Å². The number of methoxy groups -OCH3 is 2. The molecule has 2 unspecified atom stereocenters. The van der Waals surface area contributed by atoms with Crippen molar-refractivity contribution in [3.05, 3.63) is 23.5 Å². The average Bonchev–Trinajstić information content (AvgIpc) is 3.23. The van der Waals surface area contributed by atoms with Crippen molar-refractivity contribution in [2.45, 2.75) is 24.8 Å². The average molecular weight is 348 g/mol. The highest BCUT2D eigenvalue weighted by atomic mass is 32.1. The fourth-order valence-electron chi connectivity index (χ4n) is 4.16. The third-order valence-corrected chi connectivity index (χ3v) is 6.20. The summed E-state index contributed by atoms with van der Waals surface area (Å²) in [5, 5.41) is 4.82. The maximum atomic E-state index is 13.3. The van der Waals surface area contributed by atoms with Crippen molar-refractivity contribution >= 4 is 17.4 Å². The topological polar surface area (TPSA) is 69.5 Å². The summed E-state index contributed by atoms with van der Waals surface area (Å²) in [5.74, 6) is 0.767. The van der Waals surface area contributed by atoms with E-state index in [-0.39, 0.29) is 11.4 Å². The van der Waals surface area contributed by atoms with Gasteiger partial charge in [0.15, 0.2) is 5.56 Å². The molecular formula is C16H20N4O3S. The van der Waals surface area contributed by atoms with E-state index in [1.54, 1.807) is 11.8 Å². The number of aryl methyl sites for hydroxylation is 1. The molecule has 1 aliphatic carbocycles. The molecule has 0 radical (unpaired) electrons. The molecule has 24 heavy (non-hydrogen) atoms. The normalized spacial score (nSPS) is 25.3. The van der Waals surface area contributed by atoms with Crippen LogP contribution in [0.5, 0.6) is 10.9 Å². The van der Waals surface area contributed by atoms with Crippen molar-refractivity contribution in [1.82, 2.24) is 19.1 Å². The van der Waals surface area contributed by atoms with Gasteiger partial charge in [-0.3, -0.25) is 9.48 Å². The molecule has 128 valence electrons. The molecule has 2 aliphatic rings. The van der Waals surface area contributed by atoms with Gasteiger partial charge >= 0.3 is 0 Å². The molecule has 0 aromatic carbocycles. The van der Waals surface area contributed by atoms with Gasteiger partial charge in [0, 0.05) is 36.9 Å². The lowest BCUT2D eigenvalue weighted by Crippen LogP contribution is -2.53. The highest BCUT2D eigenvalue weighted by Crippen LogP contribution is 2.57. The Morgan fingerprint density at radius 1 is 1.38 bits per heavy atom. The summed E-state index contributed by atoms with van der Waals surface area (Å²) in [5.41, 5.74) is 1.30. The van der Waals surface area contributed by atoms with Crippen LogP contribution in [0.25, 0.3) is 0 Å². The van der Waals surface area contributed by atoms with Crippen molar-refractivity contribution in [3.8, 4) is 10.9 Å². The number of ether oxygens (including phenoxy) is 2. The van der Waals surface area contributed by atoms with Gasteiger partial charge in [-0.05, 0) is 25.2 Å². The molecule has 3 heterocycles. The van der Waals surface area contributed by atoms with Gasteiger partial charge in [-0.2, -0.15) is 9.47 Å². The summed E-state index contributed by atoms with van der Waals surface area (Å²) in [6, 6.07) is 0. The molecule has 2 atom stereocenters. The molecule has 1 amide bonds. The summed E-state index contributed by atoms with van der Waals surface area (Å²) in [6.07, 6.45) is 7.05. The van der Waals surface area contributed by atoms with Crippen molar-refractivity contribution in [2.75, 3.05) is 20.8 Å². The van der Waals surface area contributed by atoms with Gasteiger partial charge in [-0.1, -0.05) is 0 Å². The molecule has 1 saturated heterocycles. The number of rotatable bonds is 4. The SMILES string of the molecule is COc1nsc(OC)c1C(=O)N1CCC2CCC21c1cnn(C)c1. The van der Waals surface area contributed by atoms with Gasteiger partial charge < -0.3 is 14.4 Å². The predicted molar refractivity (Wildman–Crippen MR) is 88.5 cm³/mol. The second kappa shape index (κ2) is 5.47. The zero-order chi connectivity index (χ0) is 16.9. The number of hydrogen-bond donors (Lipinski definition) is 0. The van der Waals surface area contributed by atoms with Crippen LogP contribution in [0.2, 0.25) is 0 Å². The van der Waals surface area contributed by atoms with Crippen molar-refractivity contribution in [1.29, 1.82) is 0 Å². The molecule has 2 aromatic rings. The van der Waals surface area contributed by atoms with Gasteiger partial charge in [-0.15, -0.1) is 0 Å². The van der Waals surface area contributed by atoms with E-state index in [1.165, 1.54) is 7.11 Å². The Morgan fingerprint density at radius 3 is 2.79 bits per heavy atom. The number of likely N-dealkylation sites (tertiary alicyclic amines) is 1. The molecule has 2 aromatic heterocycles. The third kappa shape index (κ3) is 1.92. The minimum Gasteiger partial charge on any atom is -0.485 e. The molecule has 8 heteroatoms. The van der Waals surface area contributed by atoms with Crippen molar-refractivity contribution in [3.63, 3.8) is 0 Å². The predicted octanol–water partition coefficient (Wildman–Crippen LogP) is 2.05. The summed E-state index contributed by atoms with van der Waals surface area (Å²) in [7, 11) is 4.98. The first-order valence-electron chi connectivity index (χ1n) is 8.00. The number of fused-ring (bicyclic) bond motifs is 1. The Bertz CT molecular complexity index is 765. The molecule has 0 bridgehead atoms. The number of hydrogen-bond acceptors (Lipinski definition) is 6. The first-order chi connectivity index (χ1) is 11.6. The van der Waals surface area contributed by atoms with Crippen LogP contribution in [0.3, 0.4) is 0 Å². The monoisotopic (exact) mass is 348 g/mol. The zero-order valence-corrected chi connectivity index (χ0v) is 14.8. The van der Waals surface area contributed by atoms with Crippen LogP contribution in [0.1, 0.15) is 35.2 Å². The molecular weight excluding hydrogens is 328 g/mol. The first-order valence-corrected chi connectivity index (χ1v) is 8.78. The molecule has 4 rings (SSSR count). The van der Waals surface area contributed by atoms with Crippen molar-refractivity contribution in [2.24, 2.45) is 13.0 Å². The summed E-state index contributed by atoms with van der Waals surface area (Å²) >= 11 is 1.15. The fourth-order valence-corrected chi connectivity index (χ4v) is 4.83. The second-order valence-electron chi connectivity index (χ2n) is 6.37. The summed E-state index contributed by atoms with van der Waals surface area (Å²) in [4.78, 5) is 15.3. The largest absolute Gasteiger partial charge is 0.485 e. The molecule has 2 fully saturated rings. The lowest BCUT2D eigenvalue weighted by atomic mass is 9.64. The summed E-state index contributed by atoms with van der Waals surface area (Å²) < 4.78 is 16.6. The van der Waals surface area contributed by atoms with Crippen LogP contribution < -0.4 is 9.47 Å². The third-order valence-electron chi connectivity index (χ3n) is 5.40. The highest BCUT2D eigenvalue weighted by Gasteiger charge is 2.58. The maximum absolute atomic E-state index is 13.3. The lowest BCUT2D eigenvalue weighted by Gasteiger charge is -2.49. The molecule has 0 N–H and O–H groups in total. The minimum atomic E-state index is -0.247. The van der Waals surface area contributed by atoms with Crippen LogP contribution in [0.15, 0.2) is 12.4 Å². The Balaban J connectivity index is 1.76. The van der Waals surface area contributed by atoms with E-state index in [0.29, 0.717) is 22.4 Å². The van der Waals surface area contributed by atoms with Crippen LogP contribution in [0, 0.1) is 5.92 Å². The smallest absolute Gasteiger partial charge is 0.264 e. The van der Waals surface area contributed by atoms with E-state index in [2.05, 4.69) is 9.47 Å². The standard InChI is InChI=1S/C16H20N4O3S/c1-19-9-11(8-17-19)16-6-4-10(16)5-7-20(16)14(21)12-13(22-2)18-24-15(12)23-3/h8-10H,4-7H2,1-3H3. The van der Waals surface area contributed by atoms with Gasteiger partial charge in [0.25, 0.3) is 5.91 Å². The number of carbonyl (C=O) groups is 1. The molecule has 0 spiro atoms. The van der Waals surface area contributed by atoms with E-state index in [9.17, 15) is 4.79 Å². The Kier molecular flexibility index (Phi) is 3.52. The number of nitrogens with zero attached hydrogens (tertiary/aromatic N) is 4. The Labute approximate surface area is 144 Å². The number of amides is 1. The molecule has 7 nitrogen and oxygen atoms in total. The maximum Gasteiger partial charge on any atom is 0.264 e. The van der Waals surface area contributed by atoms with Gasteiger partial charge in [-0.25, -0.2) is 0 Å². The minimum absolute atomic E-state index is 0.0662. The van der Waals surface area contributed by atoms with Crippen molar-refractivity contribution < 1.29 is 14.3 Å². The number of aromatic nitrogens is 3. The first kappa shape index (κ1) is 15.4. The number of carbonyl (C=O) groups excluding carboxylic acids is 1. The fraction of sp³-hybridized carbons (Fsp3) is 0.562. The quantitative estimate of drug-likeness (QED) is 0.846. The Morgan fingerprint density at radius 2 is 2.21 bits per heavy atom. The van der Waals surface area contributed by atoms with Crippen LogP contribution in [-0.4, -0.2) is 45.7 Å². The van der Waals surface area contributed by atoms with Gasteiger partial charge in [0.05, 0.1) is 26.0 Å². The highest BCUT2D eigenvalue weighted by molar-refractivity contribution is 7.08. The second-order valence-corrected chi connectivity index (χ2v) is 7.10. The van der Waals surface area contributed by atoms with E-state index in [1.807, 2.05) is 24.3 Å². The van der Waals surface area contributed by atoms with Crippen LogP contribution in [0.4, 0.5) is 0 Å². The van der Waals surface area contributed by atoms with Gasteiger partial charge in [0.2, 0.25) is 10.9 Å². The van der Waals surface area contributed by atoms with E-state index < -0.39 is 0 Å². The van der Waals surface area contributed by atoms with Crippen LogP contribution >= 0.6 is 11.5 Å². The summed E-state index contributed by atoms with van der Waals surface area (Å²) in [6.45, 7) is 0.737. The van der Waals surface area contributed by atoms with Gasteiger partial charge in [0.1, 0.15) is 0 Å². The van der Waals surface area contributed by atoms with E-state index >= 15 is 0 Å². The van der Waals surface area contributed by atoms with E-state index in [0.717, 1.165) is 42.9 Å². The van der Waals surface area contributed by atoms with E-state index in [4.69, 9.17) is 9.47 Å². The molecule has 1 aliphatic heterocycles. The zero-order valence-electron chi connectivity index (χ0n) is 14.0. The molecule has 1 saturated carbocycles. The Hall–Kier alpha value is -2.09.